The lowest BCUT2D eigenvalue weighted by molar-refractivity contribution is -0.125. The van der Waals surface area contributed by atoms with Gasteiger partial charge in [-0.3, -0.25) is 4.79 Å². The van der Waals surface area contributed by atoms with Crippen LogP contribution in [-0.2, 0) is 19.6 Å². The Morgan fingerprint density at radius 2 is 1.79 bits per heavy atom. The summed E-state index contributed by atoms with van der Waals surface area (Å²) in [5.41, 5.74) is -0.704. The van der Waals surface area contributed by atoms with E-state index in [9.17, 15) is 23.1 Å². The quantitative estimate of drug-likeness (QED) is 0.532. The third kappa shape index (κ3) is 7.95. The smallest absolute Gasteiger partial charge is 0.408 e. The first-order chi connectivity index (χ1) is 15.7. The van der Waals surface area contributed by atoms with Crippen LogP contribution in [0.3, 0.4) is 0 Å². The fraction of sp³-hybridized carbons (Fsp3) is 0.667. The van der Waals surface area contributed by atoms with Gasteiger partial charge in [0.1, 0.15) is 11.6 Å². The number of hydrogen-bond donors (Lipinski definition) is 3. The number of nitrogens with one attached hydrogen (secondary N) is 2. The SMILES string of the molecule is CC(C)C[C@H](NC(=O)OC(C)(C)C)C(=O)N[C@H]1CC[C@@H](C)N(S(=O)(=O)c2ccccc2)C[C@@H]1O. The van der Waals surface area contributed by atoms with Crippen LogP contribution in [0.25, 0.3) is 0 Å². The van der Waals surface area contributed by atoms with Crippen molar-refractivity contribution in [1.82, 2.24) is 14.9 Å². The Bertz CT molecular complexity index is 930. The molecule has 1 aliphatic heterocycles. The van der Waals surface area contributed by atoms with Crippen LogP contribution in [0.2, 0.25) is 0 Å². The zero-order chi connectivity index (χ0) is 25.7. The number of alkyl carbamates (subject to hydrolysis) is 1. The first-order valence-corrected chi connectivity index (χ1v) is 13.2. The molecule has 1 saturated heterocycles. The molecule has 0 spiro atoms. The second kappa shape index (κ2) is 11.5. The Balaban J connectivity index is 2.13. The number of benzene rings is 1. The Kier molecular flexibility index (Phi) is 9.50. The van der Waals surface area contributed by atoms with Gasteiger partial charge in [-0.05, 0) is 65.0 Å². The third-order valence-corrected chi connectivity index (χ3v) is 7.60. The molecule has 0 aromatic heterocycles. The van der Waals surface area contributed by atoms with E-state index in [1.54, 1.807) is 45.9 Å². The van der Waals surface area contributed by atoms with Crippen LogP contribution in [0.15, 0.2) is 35.2 Å². The van der Waals surface area contributed by atoms with Crippen LogP contribution in [0, 0.1) is 5.92 Å². The second-order valence-electron chi connectivity index (χ2n) is 10.3. The molecule has 2 amide bonds. The number of sulfonamides is 1. The minimum Gasteiger partial charge on any atom is -0.444 e. The zero-order valence-corrected chi connectivity index (χ0v) is 21.8. The summed E-state index contributed by atoms with van der Waals surface area (Å²) in [4.78, 5) is 25.5. The molecule has 1 aliphatic rings. The van der Waals surface area contributed by atoms with Crippen LogP contribution in [-0.4, -0.2) is 66.2 Å². The molecule has 0 radical (unpaired) electrons. The van der Waals surface area contributed by atoms with Gasteiger partial charge in [-0.1, -0.05) is 32.0 Å². The van der Waals surface area contributed by atoms with Gasteiger partial charge in [-0.2, -0.15) is 4.31 Å². The van der Waals surface area contributed by atoms with Gasteiger partial charge in [0.05, 0.1) is 17.0 Å². The maximum atomic E-state index is 13.2. The van der Waals surface area contributed by atoms with Crippen LogP contribution in [0.5, 0.6) is 0 Å². The van der Waals surface area contributed by atoms with E-state index in [1.807, 2.05) is 13.8 Å². The molecule has 1 aromatic rings. The third-order valence-electron chi connectivity index (χ3n) is 5.61. The van der Waals surface area contributed by atoms with Gasteiger partial charge in [0.15, 0.2) is 0 Å². The highest BCUT2D eigenvalue weighted by Crippen LogP contribution is 2.25. The lowest BCUT2D eigenvalue weighted by atomic mass is 10.0. The van der Waals surface area contributed by atoms with Crippen LogP contribution < -0.4 is 10.6 Å². The molecule has 1 fully saturated rings. The monoisotopic (exact) mass is 497 g/mol. The number of carbonyl (C=O) groups is 2. The van der Waals surface area contributed by atoms with E-state index in [0.717, 1.165) is 0 Å². The van der Waals surface area contributed by atoms with Gasteiger partial charge in [0, 0.05) is 12.6 Å². The molecule has 2 rings (SSSR count). The first-order valence-electron chi connectivity index (χ1n) is 11.8. The van der Waals surface area contributed by atoms with Crippen LogP contribution in [0.1, 0.15) is 60.8 Å². The summed E-state index contributed by atoms with van der Waals surface area (Å²) in [6.45, 7) is 10.7. The van der Waals surface area contributed by atoms with Crippen molar-refractivity contribution in [3.8, 4) is 0 Å². The molecule has 0 saturated carbocycles. The number of ether oxygens (including phenoxy) is 1. The molecule has 1 aromatic carbocycles. The fourth-order valence-electron chi connectivity index (χ4n) is 3.92. The summed E-state index contributed by atoms with van der Waals surface area (Å²) in [7, 11) is -3.80. The van der Waals surface area contributed by atoms with Gasteiger partial charge in [0.25, 0.3) is 0 Å². The maximum absolute atomic E-state index is 13.2. The highest BCUT2D eigenvalue weighted by Gasteiger charge is 2.38. The van der Waals surface area contributed by atoms with Crippen molar-refractivity contribution in [2.75, 3.05) is 6.54 Å². The molecule has 9 nitrogen and oxygen atoms in total. The van der Waals surface area contributed by atoms with Crippen molar-refractivity contribution in [3.63, 3.8) is 0 Å². The summed E-state index contributed by atoms with van der Waals surface area (Å²) in [5, 5.41) is 16.3. The van der Waals surface area contributed by atoms with E-state index in [0.29, 0.717) is 19.3 Å². The standard InChI is InChI=1S/C24H39N3O6S/c1-16(2)14-20(26-23(30)33-24(4,5)6)22(29)25-19-13-12-17(3)27(15-21(19)28)34(31,32)18-10-8-7-9-11-18/h7-11,16-17,19-21,28H,12-15H2,1-6H3,(H,25,29)(H,26,30)/t17-,19+,20+,21+/m1/s1. The zero-order valence-electron chi connectivity index (χ0n) is 20.9. The van der Waals surface area contributed by atoms with Gasteiger partial charge >= 0.3 is 6.09 Å². The number of nitrogens with zero attached hydrogens (tertiary/aromatic N) is 1. The molecule has 0 unspecified atom stereocenters. The first kappa shape index (κ1) is 28.1. The molecule has 10 heteroatoms. The molecule has 4 atom stereocenters. The Hall–Kier alpha value is -2.17. The number of aliphatic hydroxyl groups excluding tert-OH is 1. The van der Waals surface area contributed by atoms with Gasteiger partial charge in [-0.25, -0.2) is 13.2 Å². The molecule has 3 N–H and O–H groups in total. The molecule has 1 heterocycles. The highest BCUT2D eigenvalue weighted by atomic mass is 32.2. The average molecular weight is 498 g/mol. The summed E-state index contributed by atoms with van der Waals surface area (Å²) in [5.74, 6) is -0.313. The van der Waals surface area contributed by atoms with Crippen molar-refractivity contribution in [2.45, 2.75) is 95.5 Å². The number of hydrogen-bond acceptors (Lipinski definition) is 6. The van der Waals surface area contributed by atoms with Crippen molar-refractivity contribution in [1.29, 1.82) is 0 Å². The van der Waals surface area contributed by atoms with Crippen LogP contribution in [0.4, 0.5) is 4.79 Å². The molecule has 0 aliphatic carbocycles. The maximum Gasteiger partial charge on any atom is 0.408 e. The van der Waals surface area contributed by atoms with Gasteiger partial charge < -0.3 is 20.5 Å². The van der Waals surface area contributed by atoms with Crippen molar-refractivity contribution >= 4 is 22.0 Å². The minimum atomic E-state index is -3.80. The molecule has 192 valence electrons. The Morgan fingerprint density at radius 1 is 1.18 bits per heavy atom. The van der Waals surface area contributed by atoms with Gasteiger partial charge in [-0.15, -0.1) is 0 Å². The molecular weight excluding hydrogens is 458 g/mol. The van der Waals surface area contributed by atoms with E-state index in [1.165, 1.54) is 16.4 Å². The Morgan fingerprint density at radius 3 is 2.35 bits per heavy atom. The molecule has 34 heavy (non-hydrogen) atoms. The predicted molar refractivity (Wildman–Crippen MR) is 130 cm³/mol. The van der Waals surface area contributed by atoms with E-state index >= 15 is 0 Å². The highest BCUT2D eigenvalue weighted by molar-refractivity contribution is 7.89. The topological polar surface area (TPSA) is 125 Å². The minimum absolute atomic E-state index is 0.122. The summed E-state index contributed by atoms with van der Waals surface area (Å²) in [6, 6.07) is 6.25. The van der Waals surface area contributed by atoms with Gasteiger partial charge in [0.2, 0.25) is 15.9 Å². The van der Waals surface area contributed by atoms with Crippen molar-refractivity contribution in [2.24, 2.45) is 5.92 Å². The van der Waals surface area contributed by atoms with E-state index in [-0.39, 0.29) is 23.4 Å². The van der Waals surface area contributed by atoms with Crippen LogP contribution >= 0.6 is 0 Å². The average Bonchev–Trinajstić information content (AvgIpc) is 2.86. The van der Waals surface area contributed by atoms with E-state index in [2.05, 4.69) is 10.6 Å². The van der Waals surface area contributed by atoms with E-state index in [4.69, 9.17) is 4.74 Å². The Labute approximate surface area is 203 Å². The summed E-state index contributed by atoms with van der Waals surface area (Å²) < 4.78 is 32.9. The fourth-order valence-corrected chi connectivity index (χ4v) is 5.62. The van der Waals surface area contributed by atoms with Crippen molar-refractivity contribution in [3.05, 3.63) is 30.3 Å². The summed E-state index contributed by atoms with van der Waals surface area (Å²) >= 11 is 0. The lowest BCUT2D eigenvalue weighted by Crippen LogP contribution is -2.54. The van der Waals surface area contributed by atoms with E-state index < -0.39 is 45.8 Å². The molecule has 0 bridgehead atoms. The summed E-state index contributed by atoms with van der Waals surface area (Å²) in [6.07, 6.45) is -0.547. The number of aliphatic hydroxyl groups is 1. The lowest BCUT2D eigenvalue weighted by Gasteiger charge is -2.29. The normalized spacial score (nSPS) is 23.1. The van der Waals surface area contributed by atoms with Crippen molar-refractivity contribution < 1.29 is 27.9 Å². The number of rotatable bonds is 7. The largest absolute Gasteiger partial charge is 0.444 e. The number of β-amino-alcohol motifs (C(OH)–C–C–N with tert-alkyl or cyclic N) is 1. The number of carbonyl (C=O) groups excluding carboxylic acids is 2. The molecular formula is C24H39N3O6S. The second-order valence-corrected chi connectivity index (χ2v) is 12.2. The predicted octanol–water partition coefficient (Wildman–Crippen LogP) is 2.64. The number of amides is 2.